The molecule has 0 bridgehead atoms. The van der Waals surface area contributed by atoms with Crippen LogP contribution >= 0.6 is 11.8 Å². The highest BCUT2D eigenvalue weighted by Crippen LogP contribution is 2.27. The molecule has 2 heterocycles. The Morgan fingerprint density at radius 1 is 1.09 bits per heavy atom. The summed E-state index contributed by atoms with van der Waals surface area (Å²) in [7, 11) is 0. The van der Waals surface area contributed by atoms with Crippen molar-refractivity contribution in [2.24, 2.45) is 0 Å². The molecule has 0 saturated carbocycles. The highest BCUT2D eigenvalue weighted by molar-refractivity contribution is 7.98. The first kappa shape index (κ1) is 23.0. The van der Waals surface area contributed by atoms with Gasteiger partial charge in [-0.1, -0.05) is 29.4 Å². The van der Waals surface area contributed by atoms with Crippen LogP contribution in [0.15, 0.2) is 64.0 Å². The van der Waals surface area contributed by atoms with E-state index in [2.05, 4.69) is 10.5 Å². The number of carbonyl (C=O) groups excluding carboxylic acids is 2. The summed E-state index contributed by atoms with van der Waals surface area (Å²) in [5, 5.41) is 6.61. The number of halogens is 1. The van der Waals surface area contributed by atoms with Gasteiger partial charge in [0.1, 0.15) is 11.6 Å². The fourth-order valence-electron chi connectivity index (χ4n) is 3.64. The second kappa shape index (κ2) is 10.6. The van der Waals surface area contributed by atoms with Gasteiger partial charge in [-0.05, 0) is 31.2 Å². The van der Waals surface area contributed by atoms with Crippen LogP contribution in [0.5, 0.6) is 0 Å². The summed E-state index contributed by atoms with van der Waals surface area (Å²) >= 11 is 1.55. The lowest BCUT2D eigenvalue weighted by atomic mass is 10.2. The Hall–Kier alpha value is -3.17. The van der Waals surface area contributed by atoms with Crippen LogP contribution < -0.4 is 5.32 Å². The molecule has 7 nitrogen and oxygen atoms in total. The molecule has 1 aliphatic rings. The average Bonchev–Trinajstić information content (AvgIpc) is 3.24. The van der Waals surface area contributed by atoms with Crippen LogP contribution in [0.1, 0.15) is 21.8 Å². The fraction of sp³-hybridized carbons (Fsp3) is 0.292. The Morgan fingerprint density at radius 2 is 1.82 bits per heavy atom. The van der Waals surface area contributed by atoms with E-state index in [9.17, 15) is 14.0 Å². The summed E-state index contributed by atoms with van der Waals surface area (Å²) in [4.78, 5) is 30.1. The van der Waals surface area contributed by atoms with E-state index >= 15 is 0 Å². The second-order valence-electron chi connectivity index (χ2n) is 7.81. The highest BCUT2D eigenvalue weighted by atomic mass is 32.2. The van der Waals surface area contributed by atoms with Crippen LogP contribution in [0, 0.1) is 12.7 Å². The van der Waals surface area contributed by atoms with E-state index in [1.54, 1.807) is 23.9 Å². The topological polar surface area (TPSA) is 78.7 Å². The molecule has 1 saturated heterocycles. The van der Waals surface area contributed by atoms with E-state index in [1.165, 1.54) is 12.1 Å². The number of nitrogens with one attached hydrogen (secondary N) is 1. The van der Waals surface area contributed by atoms with Crippen molar-refractivity contribution in [3.05, 3.63) is 77.4 Å². The predicted molar refractivity (Wildman–Crippen MR) is 125 cm³/mol. The third kappa shape index (κ3) is 6.00. The number of nitrogens with zero attached hydrogens (tertiary/aromatic N) is 3. The Bertz CT molecular complexity index is 1130. The van der Waals surface area contributed by atoms with Gasteiger partial charge >= 0.3 is 0 Å². The van der Waals surface area contributed by atoms with Crippen molar-refractivity contribution >= 4 is 29.3 Å². The standard InChI is InChI=1S/C24H25FN4O3S/c1-17-14-18(27-32-17)16-33-22-9-5-2-6-19(22)24(31)29-12-10-28(11-13-29)15-23(30)26-21-8-4-3-7-20(21)25/h2-9,14H,10-13,15-16H2,1H3,(H,26,30). The first-order chi connectivity index (χ1) is 16.0. The van der Waals surface area contributed by atoms with Crippen LogP contribution in [0.25, 0.3) is 0 Å². The molecule has 1 N–H and O–H groups in total. The van der Waals surface area contributed by atoms with Crippen molar-refractivity contribution in [3.63, 3.8) is 0 Å². The third-order valence-electron chi connectivity index (χ3n) is 5.34. The molecular formula is C24H25FN4O3S. The molecule has 4 rings (SSSR count). The number of hydrogen-bond acceptors (Lipinski definition) is 6. The molecule has 2 amide bonds. The van der Waals surface area contributed by atoms with Crippen molar-refractivity contribution in [1.29, 1.82) is 0 Å². The molecule has 0 aliphatic carbocycles. The zero-order chi connectivity index (χ0) is 23.2. The zero-order valence-electron chi connectivity index (χ0n) is 18.3. The lowest BCUT2D eigenvalue weighted by molar-refractivity contribution is -0.117. The van der Waals surface area contributed by atoms with Gasteiger partial charge in [0.15, 0.2) is 0 Å². The number of benzene rings is 2. The van der Waals surface area contributed by atoms with Gasteiger partial charge in [-0.15, -0.1) is 11.8 Å². The molecule has 0 spiro atoms. The van der Waals surface area contributed by atoms with Crippen molar-refractivity contribution < 1.29 is 18.5 Å². The molecule has 33 heavy (non-hydrogen) atoms. The number of amides is 2. The normalized spacial score (nSPS) is 14.3. The van der Waals surface area contributed by atoms with E-state index in [-0.39, 0.29) is 24.0 Å². The van der Waals surface area contributed by atoms with Crippen molar-refractivity contribution in [2.45, 2.75) is 17.6 Å². The smallest absolute Gasteiger partial charge is 0.255 e. The SMILES string of the molecule is Cc1cc(CSc2ccccc2C(=O)N2CCN(CC(=O)Nc3ccccc3F)CC2)no1. The highest BCUT2D eigenvalue weighted by Gasteiger charge is 2.25. The Kier molecular flexibility index (Phi) is 7.41. The molecular weight excluding hydrogens is 443 g/mol. The maximum atomic E-state index is 13.7. The Morgan fingerprint density at radius 3 is 2.55 bits per heavy atom. The van der Waals surface area contributed by atoms with Crippen molar-refractivity contribution in [1.82, 2.24) is 15.0 Å². The number of piperazine rings is 1. The number of anilines is 1. The van der Waals surface area contributed by atoms with Crippen LogP contribution in [-0.2, 0) is 10.5 Å². The molecule has 1 aromatic heterocycles. The first-order valence-electron chi connectivity index (χ1n) is 10.7. The molecule has 1 fully saturated rings. The number of aryl methyl sites for hydroxylation is 1. The van der Waals surface area contributed by atoms with Crippen molar-refractivity contribution in [3.8, 4) is 0 Å². The molecule has 0 unspecified atom stereocenters. The van der Waals surface area contributed by atoms with E-state index in [0.717, 1.165) is 16.3 Å². The minimum Gasteiger partial charge on any atom is -0.361 e. The van der Waals surface area contributed by atoms with Gasteiger partial charge in [-0.25, -0.2) is 4.39 Å². The fourth-order valence-corrected chi connectivity index (χ4v) is 4.57. The molecule has 1 aliphatic heterocycles. The minimum atomic E-state index is -0.462. The predicted octanol–water partition coefficient (Wildman–Crippen LogP) is 3.81. The lowest BCUT2D eigenvalue weighted by Gasteiger charge is -2.34. The van der Waals surface area contributed by atoms with Gasteiger partial charge in [-0.3, -0.25) is 14.5 Å². The summed E-state index contributed by atoms with van der Waals surface area (Å²) < 4.78 is 18.8. The monoisotopic (exact) mass is 468 g/mol. The molecule has 9 heteroatoms. The van der Waals surface area contributed by atoms with Crippen LogP contribution in [-0.4, -0.2) is 59.5 Å². The Labute approximate surface area is 195 Å². The van der Waals surface area contributed by atoms with Gasteiger partial charge in [0.2, 0.25) is 5.91 Å². The molecule has 0 radical (unpaired) electrons. The maximum absolute atomic E-state index is 13.7. The molecule has 2 aromatic carbocycles. The van der Waals surface area contributed by atoms with E-state index in [4.69, 9.17) is 4.52 Å². The number of hydrogen-bond donors (Lipinski definition) is 1. The quantitative estimate of drug-likeness (QED) is 0.532. The largest absolute Gasteiger partial charge is 0.361 e. The number of para-hydroxylation sites is 1. The zero-order valence-corrected chi connectivity index (χ0v) is 19.1. The summed E-state index contributed by atoms with van der Waals surface area (Å²) in [6, 6.07) is 15.5. The summed E-state index contributed by atoms with van der Waals surface area (Å²) in [6.07, 6.45) is 0. The third-order valence-corrected chi connectivity index (χ3v) is 6.45. The lowest BCUT2D eigenvalue weighted by Crippen LogP contribution is -2.50. The first-order valence-corrected chi connectivity index (χ1v) is 11.7. The van der Waals surface area contributed by atoms with E-state index in [1.807, 2.05) is 47.1 Å². The molecule has 172 valence electrons. The number of rotatable bonds is 7. The van der Waals surface area contributed by atoms with E-state index < -0.39 is 5.82 Å². The van der Waals surface area contributed by atoms with Crippen LogP contribution in [0.4, 0.5) is 10.1 Å². The van der Waals surface area contributed by atoms with Crippen LogP contribution in [0.3, 0.4) is 0 Å². The van der Waals surface area contributed by atoms with Gasteiger partial charge < -0.3 is 14.7 Å². The van der Waals surface area contributed by atoms with E-state index in [0.29, 0.717) is 37.5 Å². The molecule has 0 atom stereocenters. The minimum absolute atomic E-state index is 0.0232. The number of thioether (sulfide) groups is 1. The maximum Gasteiger partial charge on any atom is 0.255 e. The summed E-state index contributed by atoms with van der Waals surface area (Å²) in [6.45, 7) is 4.19. The van der Waals surface area contributed by atoms with Gasteiger partial charge in [0.25, 0.3) is 5.91 Å². The summed E-state index contributed by atoms with van der Waals surface area (Å²) in [5.41, 5.74) is 1.67. The summed E-state index contributed by atoms with van der Waals surface area (Å²) in [5.74, 6) is 0.619. The van der Waals surface area contributed by atoms with Crippen LogP contribution in [0.2, 0.25) is 0 Å². The van der Waals surface area contributed by atoms with Gasteiger partial charge in [-0.2, -0.15) is 0 Å². The van der Waals surface area contributed by atoms with Gasteiger partial charge in [0.05, 0.1) is 23.5 Å². The Balaban J connectivity index is 1.30. The second-order valence-corrected chi connectivity index (χ2v) is 8.83. The number of carbonyl (C=O) groups is 2. The number of aromatic nitrogens is 1. The average molecular weight is 469 g/mol. The van der Waals surface area contributed by atoms with Gasteiger partial charge in [0, 0.05) is 42.9 Å². The van der Waals surface area contributed by atoms with Crippen molar-refractivity contribution in [2.75, 3.05) is 38.0 Å². The molecule has 3 aromatic rings.